The Morgan fingerprint density at radius 1 is 1.50 bits per heavy atom. The Labute approximate surface area is 55.4 Å². The van der Waals surface area contributed by atoms with Crippen molar-refractivity contribution < 1.29 is 0 Å². The van der Waals surface area contributed by atoms with Crippen LogP contribution in [0.4, 0.5) is 0 Å². The van der Waals surface area contributed by atoms with E-state index in [1.165, 1.54) is 12.2 Å². The van der Waals surface area contributed by atoms with Gasteiger partial charge in [0.2, 0.25) is 0 Å². The van der Waals surface area contributed by atoms with Crippen molar-refractivity contribution in [1.29, 1.82) is 0 Å². The Bertz CT molecular complexity index is 103. The van der Waals surface area contributed by atoms with Gasteiger partial charge in [-0.3, -0.25) is 0 Å². The number of rotatable bonds is 0. The molecule has 0 aliphatic carbocycles. The van der Waals surface area contributed by atoms with Crippen LogP contribution in [0.5, 0.6) is 0 Å². The van der Waals surface area contributed by atoms with Crippen molar-refractivity contribution in [2.75, 3.05) is 5.75 Å². The molecule has 46 valence electrons. The summed E-state index contributed by atoms with van der Waals surface area (Å²) in [6.45, 7) is 4.51. The molecule has 0 N–H and O–H groups in total. The second-order valence-electron chi connectivity index (χ2n) is 2.64. The highest BCUT2D eigenvalue weighted by atomic mass is 32.2. The minimum Gasteiger partial charge on any atom is -0.151 e. The van der Waals surface area contributed by atoms with Crippen molar-refractivity contribution in [2.24, 2.45) is 0 Å². The van der Waals surface area contributed by atoms with Gasteiger partial charge in [0.1, 0.15) is 0 Å². The lowest BCUT2D eigenvalue weighted by Gasteiger charge is -2.22. The fourth-order valence-electron chi connectivity index (χ4n) is 0.805. The Morgan fingerprint density at radius 2 is 2.25 bits per heavy atom. The molecule has 0 aromatic rings. The van der Waals surface area contributed by atoms with Gasteiger partial charge in [-0.05, 0) is 26.0 Å². The lowest BCUT2D eigenvalue weighted by Crippen LogP contribution is -2.13. The van der Waals surface area contributed by atoms with Gasteiger partial charge < -0.3 is 0 Å². The summed E-state index contributed by atoms with van der Waals surface area (Å²) in [4.78, 5) is 0. The minimum atomic E-state index is 0.415. The molecule has 0 amide bonds. The average molecular weight is 128 g/mol. The van der Waals surface area contributed by atoms with E-state index in [-0.39, 0.29) is 0 Å². The van der Waals surface area contributed by atoms with E-state index in [0.29, 0.717) is 4.75 Å². The van der Waals surface area contributed by atoms with Crippen LogP contribution in [-0.4, -0.2) is 10.5 Å². The smallest absolute Gasteiger partial charge is 0.0282 e. The first-order valence-corrected chi connectivity index (χ1v) is 4.01. The monoisotopic (exact) mass is 128 g/mol. The molecule has 0 saturated heterocycles. The van der Waals surface area contributed by atoms with Gasteiger partial charge in [-0.25, -0.2) is 0 Å². The second kappa shape index (κ2) is 2.14. The van der Waals surface area contributed by atoms with Gasteiger partial charge in [0, 0.05) is 4.75 Å². The van der Waals surface area contributed by atoms with Gasteiger partial charge in [-0.1, -0.05) is 12.2 Å². The molecule has 1 aliphatic heterocycles. The standard InChI is InChI=1S/C7H12S/c1-7(2)5-3-4-6-8-7/h3,5H,4,6H2,1-2H3. The zero-order valence-electron chi connectivity index (χ0n) is 5.48. The van der Waals surface area contributed by atoms with E-state index < -0.39 is 0 Å². The highest BCUT2D eigenvalue weighted by molar-refractivity contribution is 8.00. The molecule has 1 heteroatoms. The molecule has 1 aliphatic rings. The van der Waals surface area contributed by atoms with Crippen molar-refractivity contribution in [3.63, 3.8) is 0 Å². The fourth-order valence-corrected chi connectivity index (χ4v) is 1.78. The van der Waals surface area contributed by atoms with Crippen molar-refractivity contribution in [1.82, 2.24) is 0 Å². The zero-order chi connectivity index (χ0) is 6.04. The number of hydrogen-bond donors (Lipinski definition) is 0. The highest BCUT2D eigenvalue weighted by Crippen LogP contribution is 2.29. The van der Waals surface area contributed by atoms with E-state index in [1.54, 1.807) is 0 Å². The van der Waals surface area contributed by atoms with Gasteiger partial charge in [0.15, 0.2) is 0 Å². The van der Waals surface area contributed by atoms with Gasteiger partial charge >= 0.3 is 0 Å². The van der Waals surface area contributed by atoms with E-state index in [9.17, 15) is 0 Å². The minimum absolute atomic E-state index is 0.415. The Morgan fingerprint density at radius 3 is 2.50 bits per heavy atom. The van der Waals surface area contributed by atoms with Crippen LogP contribution in [0, 0.1) is 0 Å². The first-order valence-electron chi connectivity index (χ1n) is 3.02. The molecule has 8 heavy (non-hydrogen) atoms. The van der Waals surface area contributed by atoms with Gasteiger partial charge in [0.05, 0.1) is 0 Å². The first-order chi connectivity index (χ1) is 3.71. The maximum absolute atomic E-state index is 2.29. The molecule has 0 aromatic carbocycles. The topological polar surface area (TPSA) is 0 Å². The Hall–Kier alpha value is 0.0900. The molecule has 0 fully saturated rings. The molecular weight excluding hydrogens is 116 g/mol. The van der Waals surface area contributed by atoms with Gasteiger partial charge in [-0.15, -0.1) is 0 Å². The van der Waals surface area contributed by atoms with Crippen molar-refractivity contribution in [2.45, 2.75) is 25.0 Å². The van der Waals surface area contributed by atoms with Crippen LogP contribution in [-0.2, 0) is 0 Å². The van der Waals surface area contributed by atoms with E-state index in [4.69, 9.17) is 0 Å². The maximum Gasteiger partial charge on any atom is 0.0282 e. The van der Waals surface area contributed by atoms with E-state index in [1.807, 2.05) is 11.8 Å². The molecule has 0 unspecified atom stereocenters. The molecule has 0 atom stereocenters. The summed E-state index contributed by atoms with van der Waals surface area (Å²) in [5.74, 6) is 1.30. The van der Waals surface area contributed by atoms with Crippen LogP contribution in [0.25, 0.3) is 0 Å². The Balaban J connectivity index is 2.56. The van der Waals surface area contributed by atoms with Crippen molar-refractivity contribution in [3.8, 4) is 0 Å². The van der Waals surface area contributed by atoms with Crippen LogP contribution in [0.15, 0.2) is 12.2 Å². The SMILES string of the molecule is CC1(C)C=CCCS1. The average Bonchev–Trinajstić information content (AvgIpc) is 1.65. The third-order valence-corrected chi connectivity index (χ3v) is 2.60. The lowest BCUT2D eigenvalue weighted by molar-refractivity contribution is 0.875. The first kappa shape index (κ1) is 6.21. The summed E-state index contributed by atoms with van der Waals surface area (Å²) in [5.41, 5.74) is 0. The molecule has 0 aromatic heterocycles. The summed E-state index contributed by atoms with van der Waals surface area (Å²) in [6.07, 6.45) is 5.83. The maximum atomic E-state index is 2.29. The number of thioether (sulfide) groups is 1. The second-order valence-corrected chi connectivity index (χ2v) is 4.39. The van der Waals surface area contributed by atoms with Crippen molar-refractivity contribution >= 4 is 11.8 Å². The third-order valence-electron chi connectivity index (χ3n) is 1.28. The predicted octanol–water partition coefficient (Wildman–Crippen LogP) is 2.46. The predicted molar refractivity (Wildman–Crippen MR) is 40.3 cm³/mol. The molecular formula is C7H12S. The van der Waals surface area contributed by atoms with Crippen LogP contribution < -0.4 is 0 Å². The number of allylic oxidation sites excluding steroid dienone is 1. The van der Waals surface area contributed by atoms with E-state index in [0.717, 1.165) is 0 Å². The summed E-state index contributed by atoms with van der Waals surface area (Å²) >= 11 is 2.03. The van der Waals surface area contributed by atoms with E-state index >= 15 is 0 Å². The fraction of sp³-hybridized carbons (Fsp3) is 0.714. The summed E-state index contributed by atoms with van der Waals surface area (Å²) in [5, 5.41) is 0. The summed E-state index contributed by atoms with van der Waals surface area (Å²) in [6, 6.07) is 0. The molecule has 0 saturated carbocycles. The van der Waals surface area contributed by atoms with E-state index in [2.05, 4.69) is 26.0 Å². The van der Waals surface area contributed by atoms with Crippen molar-refractivity contribution in [3.05, 3.63) is 12.2 Å². The highest BCUT2D eigenvalue weighted by Gasteiger charge is 2.15. The normalized spacial score (nSPS) is 25.8. The zero-order valence-corrected chi connectivity index (χ0v) is 6.29. The van der Waals surface area contributed by atoms with Gasteiger partial charge in [-0.2, -0.15) is 11.8 Å². The molecule has 0 nitrogen and oxygen atoms in total. The molecule has 0 bridgehead atoms. The molecule has 1 rings (SSSR count). The van der Waals surface area contributed by atoms with Crippen LogP contribution in [0.2, 0.25) is 0 Å². The van der Waals surface area contributed by atoms with Crippen LogP contribution >= 0.6 is 11.8 Å². The van der Waals surface area contributed by atoms with Crippen LogP contribution in [0.1, 0.15) is 20.3 Å². The molecule has 0 spiro atoms. The lowest BCUT2D eigenvalue weighted by atomic mass is 10.2. The van der Waals surface area contributed by atoms with Crippen LogP contribution in [0.3, 0.4) is 0 Å². The summed E-state index contributed by atoms with van der Waals surface area (Å²) < 4.78 is 0.415. The van der Waals surface area contributed by atoms with Gasteiger partial charge in [0.25, 0.3) is 0 Å². The molecule has 0 radical (unpaired) electrons. The third kappa shape index (κ3) is 1.55. The Kier molecular flexibility index (Phi) is 1.66. The largest absolute Gasteiger partial charge is 0.151 e. The molecule has 1 heterocycles. The number of hydrogen-bond acceptors (Lipinski definition) is 1. The summed E-state index contributed by atoms with van der Waals surface area (Å²) in [7, 11) is 0. The quantitative estimate of drug-likeness (QED) is 0.452.